The normalized spacial score (nSPS) is 17.5. The standard InChI is InChI=1S/C49H58I3N3O2/c1-7-10-13-16-32(4)53-29-42(38-25-35(50)19-22-45(38)53)41-28-49(57-48(41)56,43-30-54(33(5)17-14-11-8-2)46-23-20-36(51)26-39(43)46)44-31-55(34(6)18-15-12-9-3)47-24-21-37(52)27-40(44)47/h19-34H,7-18H2,1-6H3. The topological polar surface area (TPSA) is 41.1 Å². The van der Waals surface area contributed by atoms with Gasteiger partial charge in [-0.3, -0.25) is 0 Å². The van der Waals surface area contributed by atoms with E-state index in [1.165, 1.54) is 74.3 Å². The number of aromatic nitrogens is 3. The molecule has 0 bridgehead atoms. The molecule has 0 radical (unpaired) electrons. The second-order valence-electron chi connectivity index (χ2n) is 16.6. The molecule has 0 N–H and O–H groups in total. The number of rotatable bonds is 18. The molecule has 4 heterocycles. The first-order chi connectivity index (χ1) is 27.5. The van der Waals surface area contributed by atoms with E-state index in [2.05, 4.69) is 202 Å². The minimum absolute atomic E-state index is 0.267. The van der Waals surface area contributed by atoms with Gasteiger partial charge in [-0.1, -0.05) is 78.6 Å². The van der Waals surface area contributed by atoms with Crippen LogP contribution in [0.4, 0.5) is 0 Å². The van der Waals surface area contributed by atoms with Gasteiger partial charge in [-0.2, -0.15) is 0 Å². The van der Waals surface area contributed by atoms with Gasteiger partial charge in [-0.05, 0) is 168 Å². The second-order valence-corrected chi connectivity index (χ2v) is 20.3. The first kappa shape index (κ1) is 42.8. The number of benzene rings is 3. The summed E-state index contributed by atoms with van der Waals surface area (Å²) >= 11 is 7.28. The fraction of sp³-hybridized carbons (Fsp3) is 0.449. The Morgan fingerprint density at radius 1 is 0.561 bits per heavy atom. The monoisotopic (exact) mass is 1100 g/mol. The van der Waals surface area contributed by atoms with Gasteiger partial charge >= 0.3 is 5.97 Å². The van der Waals surface area contributed by atoms with E-state index in [0.29, 0.717) is 23.7 Å². The molecule has 7 rings (SSSR count). The summed E-state index contributed by atoms with van der Waals surface area (Å²) in [6.45, 7) is 13.8. The van der Waals surface area contributed by atoms with Crippen LogP contribution in [0.1, 0.15) is 153 Å². The molecule has 6 aromatic rings. The van der Waals surface area contributed by atoms with Crippen LogP contribution in [0, 0.1) is 10.7 Å². The van der Waals surface area contributed by atoms with Crippen LogP contribution in [0.5, 0.6) is 0 Å². The summed E-state index contributed by atoms with van der Waals surface area (Å²) < 4.78 is 17.9. The lowest BCUT2D eigenvalue weighted by Crippen LogP contribution is -2.27. The van der Waals surface area contributed by atoms with Crippen LogP contribution >= 0.6 is 67.8 Å². The zero-order valence-corrected chi connectivity index (χ0v) is 41.0. The quantitative estimate of drug-likeness (QED) is 0.0489. The maximum atomic E-state index is 15.0. The minimum atomic E-state index is -1.15. The number of halogens is 3. The molecule has 0 aliphatic carbocycles. The van der Waals surface area contributed by atoms with E-state index in [4.69, 9.17) is 4.74 Å². The van der Waals surface area contributed by atoms with Crippen LogP contribution < -0.4 is 0 Å². The summed E-state index contributed by atoms with van der Waals surface area (Å²) in [6, 6.07) is 21.1. The highest BCUT2D eigenvalue weighted by Gasteiger charge is 2.48. The Morgan fingerprint density at radius 3 is 1.37 bits per heavy atom. The summed E-state index contributed by atoms with van der Waals surface area (Å²) in [7, 11) is 0. The number of fused-ring (bicyclic) bond motifs is 3. The molecule has 3 atom stereocenters. The Balaban J connectivity index is 1.51. The largest absolute Gasteiger partial charge is 0.441 e. The van der Waals surface area contributed by atoms with Crippen molar-refractivity contribution in [2.24, 2.45) is 0 Å². The Hall–Kier alpha value is -2.32. The van der Waals surface area contributed by atoms with Crippen molar-refractivity contribution in [1.82, 2.24) is 13.7 Å². The van der Waals surface area contributed by atoms with Crippen LogP contribution in [0.15, 0.2) is 79.3 Å². The summed E-state index contributed by atoms with van der Waals surface area (Å²) in [4.78, 5) is 15.0. The molecule has 302 valence electrons. The Kier molecular flexibility index (Phi) is 13.9. The van der Waals surface area contributed by atoms with Gasteiger partial charge in [-0.25, -0.2) is 4.79 Å². The average Bonchev–Trinajstić information content (AvgIpc) is 3.95. The van der Waals surface area contributed by atoms with E-state index >= 15 is 0 Å². The van der Waals surface area contributed by atoms with Crippen molar-refractivity contribution in [3.63, 3.8) is 0 Å². The van der Waals surface area contributed by atoms with E-state index in [9.17, 15) is 4.79 Å². The summed E-state index contributed by atoms with van der Waals surface area (Å²) in [5.74, 6) is -0.267. The first-order valence-corrected chi connectivity index (χ1v) is 24.6. The van der Waals surface area contributed by atoms with Gasteiger partial charge in [0, 0.05) is 96.8 Å². The van der Waals surface area contributed by atoms with E-state index in [1.807, 2.05) is 0 Å². The summed E-state index contributed by atoms with van der Waals surface area (Å²) in [6.07, 6.45) is 23.2. The molecule has 8 heteroatoms. The number of hydrogen-bond acceptors (Lipinski definition) is 2. The van der Waals surface area contributed by atoms with Gasteiger partial charge in [0.2, 0.25) is 0 Å². The summed E-state index contributed by atoms with van der Waals surface area (Å²) in [5.41, 5.74) is 6.05. The second kappa shape index (κ2) is 18.5. The predicted octanol–water partition coefficient (Wildman–Crippen LogP) is 15.7. The molecule has 0 amide bonds. The smallest absolute Gasteiger partial charge is 0.340 e. The van der Waals surface area contributed by atoms with Crippen molar-refractivity contribution < 1.29 is 9.53 Å². The third kappa shape index (κ3) is 8.53. The van der Waals surface area contributed by atoms with E-state index in [1.54, 1.807) is 0 Å². The van der Waals surface area contributed by atoms with Crippen molar-refractivity contribution in [3.8, 4) is 0 Å². The van der Waals surface area contributed by atoms with E-state index in [-0.39, 0.29) is 5.97 Å². The molecular formula is C49H58I3N3O2. The lowest BCUT2D eigenvalue weighted by molar-refractivity contribution is -0.142. The SMILES string of the molecule is CCCCCC(C)n1cc(C2=CC(c3cn(C(C)CCCCC)c4ccc(I)cc34)(c3cn(C(C)CCCCC)c4ccc(I)cc34)OC2=O)c2cc(I)ccc21. The first-order valence-electron chi connectivity index (χ1n) is 21.4. The van der Waals surface area contributed by atoms with Crippen molar-refractivity contribution in [1.29, 1.82) is 0 Å². The highest BCUT2D eigenvalue weighted by Crippen LogP contribution is 2.51. The number of cyclic esters (lactones) is 1. The van der Waals surface area contributed by atoms with Crippen LogP contribution in [0.2, 0.25) is 0 Å². The highest BCUT2D eigenvalue weighted by atomic mass is 127. The predicted molar refractivity (Wildman–Crippen MR) is 265 cm³/mol. The van der Waals surface area contributed by atoms with Crippen molar-refractivity contribution in [2.75, 3.05) is 0 Å². The van der Waals surface area contributed by atoms with E-state index in [0.717, 1.165) is 62.8 Å². The maximum Gasteiger partial charge on any atom is 0.340 e. The number of unbranched alkanes of at least 4 members (excludes halogenated alkanes) is 6. The molecule has 3 unspecified atom stereocenters. The van der Waals surface area contributed by atoms with Crippen LogP contribution in [0.25, 0.3) is 38.3 Å². The van der Waals surface area contributed by atoms with Gasteiger partial charge in [-0.15, -0.1) is 0 Å². The van der Waals surface area contributed by atoms with Crippen LogP contribution in [-0.4, -0.2) is 19.7 Å². The molecule has 0 saturated heterocycles. The summed E-state index contributed by atoms with van der Waals surface area (Å²) in [5, 5.41) is 3.38. The lowest BCUT2D eigenvalue weighted by atomic mass is 9.84. The molecule has 57 heavy (non-hydrogen) atoms. The lowest BCUT2D eigenvalue weighted by Gasteiger charge is -2.27. The van der Waals surface area contributed by atoms with Gasteiger partial charge in [0.05, 0.1) is 5.57 Å². The van der Waals surface area contributed by atoms with Crippen LogP contribution in [-0.2, 0) is 15.1 Å². The highest BCUT2D eigenvalue weighted by molar-refractivity contribution is 14.1. The number of esters is 1. The maximum absolute atomic E-state index is 15.0. The Morgan fingerprint density at radius 2 is 0.947 bits per heavy atom. The minimum Gasteiger partial charge on any atom is -0.441 e. The van der Waals surface area contributed by atoms with Gasteiger partial charge < -0.3 is 18.4 Å². The molecule has 3 aromatic carbocycles. The molecule has 3 aromatic heterocycles. The third-order valence-electron chi connectivity index (χ3n) is 12.4. The van der Waals surface area contributed by atoms with Crippen molar-refractivity contribution in [2.45, 2.75) is 142 Å². The molecule has 1 aliphatic rings. The fourth-order valence-electron chi connectivity index (χ4n) is 9.16. The van der Waals surface area contributed by atoms with Crippen molar-refractivity contribution >= 4 is 112 Å². The molecule has 0 saturated carbocycles. The Labute approximate surface area is 380 Å². The molecular weight excluding hydrogens is 1040 g/mol. The van der Waals surface area contributed by atoms with Gasteiger partial charge in [0.1, 0.15) is 0 Å². The number of nitrogens with zero attached hydrogens (tertiary/aromatic N) is 3. The number of ether oxygens (including phenoxy) is 1. The third-order valence-corrected chi connectivity index (χ3v) is 14.4. The van der Waals surface area contributed by atoms with E-state index < -0.39 is 5.60 Å². The van der Waals surface area contributed by atoms with Crippen molar-refractivity contribution in [3.05, 3.63) is 107 Å². The fourth-order valence-corrected chi connectivity index (χ4v) is 10.6. The molecule has 1 aliphatic heterocycles. The zero-order valence-electron chi connectivity index (χ0n) is 34.5. The number of hydrogen-bond donors (Lipinski definition) is 0. The Bertz CT molecular complexity index is 2320. The molecule has 5 nitrogen and oxygen atoms in total. The molecule has 0 spiro atoms. The van der Waals surface area contributed by atoms with Gasteiger partial charge in [0.25, 0.3) is 0 Å². The zero-order chi connectivity index (χ0) is 40.4. The number of carbonyl (C=O) groups excluding carboxylic acids is 1. The molecule has 0 fully saturated rings. The van der Waals surface area contributed by atoms with Crippen LogP contribution in [0.3, 0.4) is 0 Å². The van der Waals surface area contributed by atoms with Gasteiger partial charge in [0.15, 0.2) is 5.60 Å². The number of carbonyl (C=O) groups is 1. The average molecular weight is 1100 g/mol.